The van der Waals surface area contributed by atoms with E-state index in [1.807, 2.05) is 0 Å². The SMILES string of the molecule is COC(=O)c1ccc(C(O)C(C)(F)F)cc1. The summed E-state index contributed by atoms with van der Waals surface area (Å²) >= 11 is 0. The average Bonchev–Trinajstić information content (AvgIpc) is 2.26. The van der Waals surface area contributed by atoms with E-state index in [1.54, 1.807) is 0 Å². The van der Waals surface area contributed by atoms with Gasteiger partial charge in [0.2, 0.25) is 0 Å². The Morgan fingerprint density at radius 1 is 1.38 bits per heavy atom. The Morgan fingerprint density at radius 2 is 1.88 bits per heavy atom. The normalized spacial score (nSPS) is 13.3. The fourth-order valence-corrected chi connectivity index (χ4v) is 1.21. The van der Waals surface area contributed by atoms with E-state index in [0.717, 1.165) is 0 Å². The quantitative estimate of drug-likeness (QED) is 0.809. The first-order valence-electron chi connectivity index (χ1n) is 4.60. The molecule has 3 nitrogen and oxygen atoms in total. The van der Waals surface area contributed by atoms with Gasteiger partial charge in [0.25, 0.3) is 5.92 Å². The summed E-state index contributed by atoms with van der Waals surface area (Å²) in [6, 6.07) is 5.20. The van der Waals surface area contributed by atoms with Crippen molar-refractivity contribution in [1.29, 1.82) is 0 Å². The largest absolute Gasteiger partial charge is 0.465 e. The molecule has 0 heterocycles. The first-order chi connectivity index (χ1) is 7.36. The molecule has 1 aromatic rings. The number of ether oxygens (including phenoxy) is 1. The number of methoxy groups -OCH3 is 1. The topological polar surface area (TPSA) is 46.5 Å². The van der Waals surface area contributed by atoms with Gasteiger partial charge < -0.3 is 9.84 Å². The minimum atomic E-state index is -3.22. The van der Waals surface area contributed by atoms with E-state index in [9.17, 15) is 18.7 Å². The lowest BCUT2D eigenvalue weighted by molar-refractivity contribution is -0.0954. The Morgan fingerprint density at radius 3 is 2.25 bits per heavy atom. The molecule has 1 rings (SSSR count). The Labute approximate surface area is 91.7 Å². The molecule has 0 saturated heterocycles. The smallest absolute Gasteiger partial charge is 0.337 e. The van der Waals surface area contributed by atoms with Crippen LogP contribution in [0.1, 0.15) is 28.9 Å². The van der Waals surface area contributed by atoms with Crippen LogP contribution < -0.4 is 0 Å². The van der Waals surface area contributed by atoms with Gasteiger partial charge in [-0.15, -0.1) is 0 Å². The monoisotopic (exact) mass is 230 g/mol. The van der Waals surface area contributed by atoms with E-state index in [4.69, 9.17) is 0 Å². The van der Waals surface area contributed by atoms with E-state index in [1.165, 1.54) is 31.4 Å². The van der Waals surface area contributed by atoms with Gasteiger partial charge in [-0.1, -0.05) is 12.1 Å². The number of carbonyl (C=O) groups excluding carboxylic acids is 1. The lowest BCUT2D eigenvalue weighted by atomic mass is 10.0. The van der Waals surface area contributed by atoms with E-state index in [-0.39, 0.29) is 11.1 Å². The number of halogens is 2. The van der Waals surface area contributed by atoms with Gasteiger partial charge in [0.15, 0.2) is 0 Å². The van der Waals surface area contributed by atoms with Crippen LogP contribution in [-0.4, -0.2) is 24.1 Å². The first kappa shape index (κ1) is 12.6. The Bertz CT molecular complexity index is 368. The maximum atomic E-state index is 12.8. The molecule has 1 N–H and O–H groups in total. The highest BCUT2D eigenvalue weighted by molar-refractivity contribution is 5.89. The van der Waals surface area contributed by atoms with Crippen LogP contribution in [0.3, 0.4) is 0 Å². The zero-order valence-electron chi connectivity index (χ0n) is 8.91. The van der Waals surface area contributed by atoms with Crippen molar-refractivity contribution < 1.29 is 23.4 Å². The van der Waals surface area contributed by atoms with Crippen LogP contribution in [0.15, 0.2) is 24.3 Å². The predicted molar refractivity (Wildman–Crippen MR) is 53.4 cm³/mol. The summed E-state index contributed by atoms with van der Waals surface area (Å²) in [4.78, 5) is 11.1. The molecular formula is C11H12F2O3. The summed E-state index contributed by atoms with van der Waals surface area (Å²) in [5, 5.41) is 9.28. The minimum Gasteiger partial charge on any atom is -0.465 e. The summed E-state index contributed by atoms with van der Waals surface area (Å²) in [6.45, 7) is 0.631. The zero-order chi connectivity index (χ0) is 12.3. The number of hydrogen-bond acceptors (Lipinski definition) is 3. The molecule has 16 heavy (non-hydrogen) atoms. The van der Waals surface area contributed by atoms with E-state index < -0.39 is 18.0 Å². The van der Waals surface area contributed by atoms with Crippen LogP contribution >= 0.6 is 0 Å². The van der Waals surface area contributed by atoms with Gasteiger partial charge in [-0.05, 0) is 17.7 Å². The molecule has 0 aromatic heterocycles. The number of benzene rings is 1. The third kappa shape index (κ3) is 2.76. The van der Waals surface area contributed by atoms with Crippen molar-refractivity contribution >= 4 is 5.97 Å². The summed E-state index contributed by atoms with van der Waals surface area (Å²) in [5.74, 6) is -3.77. The second-order valence-electron chi connectivity index (χ2n) is 3.47. The predicted octanol–water partition coefficient (Wildman–Crippen LogP) is 2.16. The van der Waals surface area contributed by atoms with Crippen LogP contribution in [0.4, 0.5) is 8.78 Å². The van der Waals surface area contributed by atoms with Crippen molar-refractivity contribution in [2.45, 2.75) is 19.0 Å². The van der Waals surface area contributed by atoms with E-state index >= 15 is 0 Å². The number of esters is 1. The van der Waals surface area contributed by atoms with Crippen LogP contribution in [0, 0.1) is 0 Å². The maximum Gasteiger partial charge on any atom is 0.337 e. The highest BCUT2D eigenvalue weighted by Gasteiger charge is 2.33. The maximum absolute atomic E-state index is 12.8. The van der Waals surface area contributed by atoms with Crippen LogP contribution in [0.2, 0.25) is 0 Å². The molecule has 0 aliphatic heterocycles. The van der Waals surface area contributed by atoms with Gasteiger partial charge in [-0.3, -0.25) is 0 Å². The average molecular weight is 230 g/mol. The third-order valence-electron chi connectivity index (χ3n) is 2.13. The molecule has 0 saturated carbocycles. The van der Waals surface area contributed by atoms with Crippen LogP contribution in [-0.2, 0) is 4.74 Å². The summed E-state index contributed by atoms with van der Waals surface area (Å²) < 4.78 is 30.0. The van der Waals surface area contributed by atoms with E-state index in [0.29, 0.717) is 6.92 Å². The number of hydrogen-bond donors (Lipinski definition) is 1. The zero-order valence-corrected chi connectivity index (χ0v) is 8.91. The molecule has 0 bridgehead atoms. The van der Waals surface area contributed by atoms with Gasteiger partial charge in [0, 0.05) is 6.92 Å². The fraction of sp³-hybridized carbons (Fsp3) is 0.364. The third-order valence-corrected chi connectivity index (χ3v) is 2.13. The van der Waals surface area contributed by atoms with Gasteiger partial charge in [-0.25, -0.2) is 13.6 Å². The molecule has 88 valence electrons. The number of aliphatic hydroxyl groups excluding tert-OH is 1. The molecule has 0 aliphatic rings. The minimum absolute atomic E-state index is 0.0557. The molecule has 5 heteroatoms. The lowest BCUT2D eigenvalue weighted by Crippen LogP contribution is -2.21. The van der Waals surface area contributed by atoms with E-state index in [2.05, 4.69) is 4.74 Å². The molecule has 1 aromatic carbocycles. The summed E-state index contributed by atoms with van der Waals surface area (Å²) in [6.07, 6.45) is -1.88. The second kappa shape index (κ2) is 4.57. The molecule has 1 unspecified atom stereocenters. The molecule has 0 fully saturated rings. The molecule has 1 atom stereocenters. The molecular weight excluding hydrogens is 218 g/mol. The second-order valence-corrected chi connectivity index (χ2v) is 3.47. The van der Waals surface area contributed by atoms with Crippen molar-refractivity contribution in [3.05, 3.63) is 35.4 Å². The lowest BCUT2D eigenvalue weighted by Gasteiger charge is -2.18. The van der Waals surface area contributed by atoms with Gasteiger partial charge in [-0.2, -0.15) is 0 Å². The highest BCUT2D eigenvalue weighted by atomic mass is 19.3. The standard InChI is InChI=1S/C11H12F2O3/c1-11(12,13)9(14)7-3-5-8(6-4-7)10(15)16-2/h3-6,9,14H,1-2H3. The van der Waals surface area contributed by atoms with Gasteiger partial charge in [0.05, 0.1) is 12.7 Å². The summed E-state index contributed by atoms with van der Waals surface area (Å²) in [7, 11) is 1.23. The van der Waals surface area contributed by atoms with Crippen molar-refractivity contribution in [3.8, 4) is 0 Å². The van der Waals surface area contributed by atoms with Gasteiger partial charge in [0.1, 0.15) is 6.10 Å². The first-order valence-corrected chi connectivity index (χ1v) is 4.60. The number of alkyl halides is 2. The Balaban J connectivity index is 2.91. The van der Waals surface area contributed by atoms with Crippen molar-refractivity contribution in [2.75, 3.05) is 7.11 Å². The number of aliphatic hydroxyl groups is 1. The Kier molecular flexibility index (Phi) is 3.59. The fourth-order valence-electron chi connectivity index (χ4n) is 1.21. The summed E-state index contributed by atoms with van der Waals surface area (Å²) in [5.41, 5.74) is 0.304. The molecule has 0 amide bonds. The number of carbonyl (C=O) groups is 1. The Hall–Kier alpha value is -1.49. The molecule has 0 aliphatic carbocycles. The van der Waals surface area contributed by atoms with Crippen molar-refractivity contribution in [2.24, 2.45) is 0 Å². The van der Waals surface area contributed by atoms with Gasteiger partial charge >= 0.3 is 5.97 Å². The van der Waals surface area contributed by atoms with Crippen LogP contribution in [0.5, 0.6) is 0 Å². The van der Waals surface area contributed by atoms with Crippen molar-refractivity contribution in [3.63, 3.8) is 0 Å². The highest BCUT2D eigenvalue weighted by Crippen LogP contribution is 2.30. The van der Waals surface area contributed by atoms with Crippen molar-refractivity contribution in [1.82, 2.24) is 0 Å². The van der Waals surface area contributed by atoms with Crippen LogP contribution in [0.25, 0.3) is 0 Å². The molecule has 0 radical (unpaired) electrons. The number of rotatable bonds is 3. The molecule has 0 spiro atoms.